The standard InChI is InChI=1S/C15H15ClO3S/c16-13-6-8-15(9-7-13)20(18,19)10-2-4-12-3-1-5-14(17)11-12/h1,3,5-9,11,17H,2,4,10H2. The molecule has 1 N–H and O–H groups in total. The first-order chi connectivity index (χ1) is 9.47. The van der Waals surface area contributed by atoms with Crippen LogP contribution in [0.5, 0.6) is 5.75 Å². The van der Waals surface area contributed by atoms with Gasteiger partial charge in [-0.05, 0) is 54.8 Å². The molecule has 0 radical (unpaired) electrons. The second kappa shape index (κ2) is 6.29. The van der Waals surface area contributed by atoms with Crippen molar-refractivity contribution in [3.05, 3.63) is 59.1 Å². The molecule has 106 valence electrons. The number of halogens is 1. The van der Waals surface area contributed by atoms with Crippen LogP contribution in [0.25, 0.3) is 0 Å². The smallest absolute Gasteiger partial charge is 0.178 e. The van der Waals surface area contributed by atoms with Crippen molar-refractivity contribution in [1.29, 1.82) is 0 Å². The second-order valence-corrected chi connectivity index (χ2v) is 7.09. The average molecular weight is 311 g/mol. The Bertz CT molecular complexity index is 679. The van der Waals surface area contributed by atoms with Crippen LogP contribution in [-0.4, -0.2) is 19.3 Å². The van der Waals surface area contributed by atoms with E-state index >= 15 is 0 Å². The average Bonchev–Trinajstić information content (AvgIpc) is 2.39. The Kier molecular flexibility index (Phi) is 4.68. The van der Waals surface area contributed by atoms with Crippen molar-refractivity contribution in [2.24, 2.45) is 0 Å². The lowest BCUT2D eigenvalue weighted by atomic mass is 10.1. The third-order valence-corrected chi connectivity index (χ3v) is 5.03. The van der Waals surface area contributed by atoms with Gasteiger partial charge in [0, 0.05) is 5.02 Å². The topological polar surface area (TPSA) is 54.4 Å². The molecule has 0 fully saturated rings. The molecule has 0 atom stereocenters. The number of aromatic hydroxyl groups is 1. The van der Waals surface area contributed by atoms with E-state index in [2.05, 4.69) is 0 Å². The fraction of sp³-hybridized carbons (Fsp3) is 0.200. The van der Waals surface area contributed by atoms with Gasteiger partial charge < -0.3 is 5.11 Å². The van der Waals surface area contributed by atoms with E-state index in [9.17, 15) is 13.5 Å². The molecule has 0 heterocycles. The van der Waals surface area contributed by atoms with Gasteiger partial charge in [0.2, 0.25) is 0 Å². The van der Waals surface area contributed by atoms with Crippen LogP contribution in [0.2, 0.25) is 5.02 Å². The van der Waals surface area contributed by atoms with Crippen LogP contribution in [-0.2, 0) is 16.3 Å². The molecule has 0 aliphatic heterocycles. The molecule has 0 spiro atoms. The number of aryl methyl sites for hydroxylation is 1. The molecule has 0 aliphatic carbocycles. The third-order valence-electron chi connectivity index (χ3n) is 2.96. The molecule has 0 aromatic heterocycles. The highest BCUT2D eigenvalue weighted by molar-refractivity contribution is 7.91. The summed E-state index contributed by atoms with van der Waals surface area (Å²) in [5.74, 6) is 0.271. The van der Waals surface area contributed by atoms with E-state index in [1.165, 1.54) is 12.1 Å². The van der Waals surface area contributed by atoms with Crippen molar-refractivity contribution < 1.29 is 13.5 Å². The number of phenols is 1. The molecule has 3 nitrogen and oxygen atoms in total. The summed E-state index contributed by atoms with van der Waals surface area (Å²) >= 11 is 5.74. The molecule has 2 rings (SSSR count). The van der Waals surface area contributed by atoms with Gasteiger partial charge in [-0.25, -0.2) is 8.42 Å². The van der Waals surface area contributed by atoms with E-state index in [1.807, 2.05) is 6.07 Å². The van der Waals surface area contributed by atoms with Gasteiger partial charge in [-0.2, -0.15) is 0 Å². The Morgan fingerprint density at radius 2 is 1.75 bits per heavy atom. The normalized spacial score (nSPS) is 11.4. The molecule has 0 saturated carbocycles. The predicted octanol–water partition coefficient (Wildman–Crippen LogP) is 3.45. The van der Waals surface area contributed by atoms with E-state index in [4.69, 9.17) is 11.6 Å². The van der Waals surface area contributed by atoms with Gasteiger partial charge in [0.05, 0.1) is 10.6 Å². The Morgan fingerprint density at radius 1 is 1.05 bits per heavy atom. The summed E-state index contributed by atoms with van der Waals surface area (Å²) in [5, 5.41) is 9.86. The van der Waals surface area contributed by atoms with Crippen molar-refractivity contribution in [3.63, 3.8) is 0 Å². The van der Waals surface area contributed by atoms with Gasteiger partial charge in [0.1, 0.15) is 5.75 Å². The minimum absolute atomic E-state index is 0.0737. The van der Waals surface area contributed by atoms with Gasteiger partial charge in [-0.1, -0.05) is 23.7 Å². The molecule has 0 bridgehead atoms. The number of sulfone groups is 1. The van der Waals surface area contributed by atoms with Crippen LogP contribution in [0.4, 0.5) is 0 Å². The molecule has 0 unspecified atom stereocenters. The van der Waals surface area contributed by atoms with Crippen molar-refractivity contribution >= 4 is 21.4 Å². The largest absolute Gasteiger partial charge is 0.508 e. The van der Waals surface area contributed by atoms with E-state index in [-0.39, 0.29) is 16.4 Å². The maximum atomic E-state index is 12.1. The maximum Gasteiger partial charge on any atom is 0.178 e. The van der Waals surface area contributed by atoms with Crippen molar-refractivity contribution in [1.82, 2.24) is 0 Å². The fourth-order valence-corrected chi connectivity index (χ4v) is 3.37. The first-order valence-corrected chi connectivity index (χ1v) is 8.27. The van der Waals surface area contributed by atoms with Gasteiger partial charge in [0.25, 0.3) is 0 Å². The Hall–Kier alpha value is -1.52. The lowest BCUT2D eigenvalue weighted by molar-refractivity contribution is 0.474. The predicted molar refractivity (Wildman–Crippen MR) is 79.9 cm³/mol. The minimum atomic E-state index is -3.28. The zero-order valence-corrected chi connectivity index (χ0v) is 12.4. The first-order valence-electron chi connectivity index (χ1n) is 6.24. The fourth-order valence-electron chi connectivity index (χ4n) is 1.94. The van der Waals surface area contributed by atoms with Crippen LogP contribution in [0, 0.1) is 0 Å². The molecule has 2 aromatic rings. The molecule has 2 aromatic carbocycles. The van der Waals surface area contributed by atoms with E-state index in [1.54, 1.807) is 30.3 Å². The number of hydrogen-bond acceptors (Lipinski definition) is 3. The first kappa shape index (κ1) is 14.9. The van der Waals surface area contributed by atoms with Gasteiger partial charge in [0.15, 0.2) is 9.84 Å². The minimum Gasteiger partial charge on any atom is -0.508 e. The van der Waals surface area contributed by atoms with Gasteiger partial charge in [-0.3, -0.25) is 0 Å². The molecular weight excluding hydrogens is 296 g/mol. The monoisotopic (exact) mass is 310 g/mol. The Morgan fingerprint density at radius 3 is 2.40 bits per heavy atom. The number of rotatable bonds is 5. The second-order valence-electron chi connectivity index (χ2n) is 4.55. The maximum absolute atomic E-state index is 12.1. The summed E-state index contributed by atoms with van der Waals surface area (Å²) in [6.07, 6.45) is 1.12. The Balaban J connectivity index is 1.98. The number of hydrogen-bond donors (Lipinski definition) is 1. The zero-order valence-electron chi connectivity index (χ0n) is 10.8. The molecule has 20 heavy (non-hydrogen) atoms. The van der Waals surface area contributed by atoms with E-state index in [0.717, 1.165) is 5.56 Å². The summed E-state index contributed by atoms with van der Waals surface area (Å²) < 4.78 is 24.2. The highest BCUT2D eigenvalue weighted by Crippen LogP contribution is 2.17. The van der Waals surface area contributed by atoms with Crippen molar-refractivity contribution in [3.8, 4) is 5.75 Å². The Labute approximate surface area is 123 Å². The van der Waals surface area contributed by atoms with Gasteiger partial charge >= 0.3 is 0 Å². The van der Waals surface area contributed by atoms with Crippen LogP contribution >= 0.6 is 11.6 Å². The summed E-state index contributed by atoms with van der Waals surface area (Å²) in [7, 11) is -3.28. The van der Waals surface area contributed by atoms with E-state index < -0.39 is 9.84 Å². The van der Waals surface area contributed by atoms with Crippen molar-refractivity contribution in [2.75, 3.05) is 5.75 Å². The summed E-state index contributed by atoms with van der Waals surface area (Å²) in [4.78, 5) is 0.290. The lowest BCUT2D eigenvalue weighted by Gasteiger charge is -2.05. The highest BCUT2D eigenvalue weighted by atomic mass is 35.5. The van der Waals surface area contributed by atoms with Crippen LogP contribution in [0.1, 0.15) is 12.0 Å². The SMILES string of the molecule is O=S(=O)(CCCc1cccc(O)c1)c1ccc(Cl)cc1. The van der Waals surface area contributed by atoms with Crippen molar-refractivity contribution in [2.45, 2.75) is 17.7 Å². The third kappa shape index (κ3) is 3.99. The molecular formula is C15H15ClO3S. The van der Waals surface area contributed by atoms with E-state index in [0.29, 0.717) is 17.9 Å². The van der Waals surface area contributed by atoms with Crippen LogP contribution < -0.4 is 0 Å². The summed E-state index contributed by atoms with van der Waals surface area (Å²) in [6.45, 7) is 0. The van der Waals surface area contributed by atoms with Gasteiger partial charge in [-0.15, -0.1) is 0 Å². The summed E-state index contributed by atoms with van der Waals surface area (Å²) in [6, 6.07) is 13.0. The van der Waals surface area contributed by atoms with Crippen LogP contribution in [0.3, 0.4) is 0 Å². The molecule has 0 aliphatic rings. The number of phenolic OH excluding ortho intramolecular Hbond substituents is 1. The lowest BCUT2D eigenvalue weighted by Crippen LogP contribution is -2.07. The number of benzene rings is 2. The molecule has 5 heteroatoms. The summed E-state index contributed by atoms with van der Waals surface area (Å²) in [5.41, 5.74) is 0.927. The molecule has 0 saturated heterocycles. The quantitative estimate of drug-likeness (QED) is 0.920. The highest BCUT2D eigenvalue weighted by Gasteiger charge is 2.13. The van der Waals surface area contributed by atoms with Crippen LogP contribution in [0.15, 0.2) is 53.4 Å². The zero-order chi connectivity index (χ0) is 14.6. The molecule has 0 amide bonds.